The van der Waals surface area contributed by atoms with Gasteiger partial charge in [-0.15, -0.1) is 0 Å². The van der Waals surface area contributed by atoms with Gasteiger partial charge in [0, 0.05) is 0 Å². The summed E-state index contributed by atoms with van der Waals surface area (Å²) in [5.74, 6) is -2.34. The van der Waals surface area contributed by atoms with Gasteiger partial charge in [0.05, 0.1) is 36.2 Å². The molecule has 3 unspecified atom stereocenters. The van der Waals surface area contributed by atoms with Crippen molar-refractivity contribution in [1.29, 1.82) is 0 Å². The smallest absolute Gasteiger partial charge is 0.306 e. The summed E-state index contributed by atoms with van der Waals surface area (Å²) in [7, 11) is -3.11. The average molecular weight is 294 g/mol. The lowest BCUT2D eigenvalue weighted by Crippen LogP contribution is -2.31. The standard InChI is InChI=1S/C12H22O6S/c1-8(2)18-6-10(13)5-11(12(14)15)9-3-4-19(16,17)7-9/h8-11,13H,3-7H2,1-2H3,(H,14,15). The van der Waals surface area contributed by atoms with Crippen LogP contribution in [0, 0.1) is 11.8 Å². The number of carboxylic acid groups (broad SMARTS) is 1. The highest BCUT2D eigenvalue weighted by Gasteiger charge is 2.38. The summed E-state index contributed by atoms with van der Waals surface area (Å²) in [6, 6.07) is 0. The van der Waals surface area contributed by atoms with Crippen LogP contribution in [0.15, 0.2) is 0 Å². The van der Waals surface area contributed by atoms with E-state index in [-0.39, 0.29) is 30.6 Å². The molecule has 6 nitrogen and oxygen atoms in total. The Hall–Kier alpha value is -0.660. The number of aliphatic hydroxyl groups excluding tert-OH is 1. The van der Waals surface area contributed by atoms with Crippen molar-refractivity contribution in [2.45, 2.75) is 38.9 Å². The zero-order chi connectivity index (χ0) is 14.6. The van der Waals surface area contributed by atoms with Crippen LogP contribution in [-0.4, -0.2) is 54.9 Å². The molecule has 0 aromatic carbocycles. The maximum absolute atomic E-state index is 11.4. The van der Waals surface area contributed by atoms with E-state index in [0.29, 0.717) is 6.42 Å². The van der Waals surface area contributed by atoms with Gasteiger partial charge in [-0.05, 0) is 32.6 Å². The van der Waals surface area contributed by atoms with Crippen LogP contribution in [0.25, 0.3) is 0 Å². The second-order valence-corrected chi connectivity index (χ2v) is 7.61. The largest absolute Gasteiger partial charge is 0.481 e. The van der Waals surface area contributed by atoms with E-state index >= 15 is 0 Å². The molecular formula is C12H22O6S. The summed E-state index contributed by atoms with van der Waals surface area (Å²) in [6.45, 7) is 3.72. The molecule has 0 radical (unpaired) electrons. The van der Waals surface area contributed by atoms with Gasteiger partial charge in [0.15, 0.2) is 9.84 Å². The molecule has 0 bridgehead atoms. The number of hydrogen-bond donors (Lipinski definition) is 2. The van der Waals surface area contributed by atoms with E-state index in [2.05, 4.69) is 0 Å². The number of hydrogen-bond acceptors (Lipinski definition) is 5. The number of aliphatic hydroxyl groups is 1. The molecule has 7 heteroatoms. The monoisotopic (exact) mass is 294 g/mol. The predicted molar refractivity (Wildman–Crippen MR) is 69.6 cm³/mol. The lowest BCUT2D eigenvalue weighted by Gasteiger charge is -2.21. The Labute approximate surface area is 113 Å². The van der Waals surface area contributed by atoms with Crippen LogP contribution in [0.5, 0.6) is 0 Å². The second-order valence-electron chi connectivity index (χ2n) is 5.38. The molecule has 0 aromatic rings. The molecular weight excluding hydrogens is 272 g/mol. The fraction of sp³-hybridized carbons (Fsp3) is 0.917. The Kier molecular flexibility index (Phi) is 5.76. The van der Waals surface area contributed by atoms with Crippen LogP contribution in [-0.2, 0) is 19.4 Å². The molecule has 112 valence electrons. The van der Waals surface area contributed by atoms with Gasteiger partial charge in [-0.3, -0.25) is 4.79 Å². The Morgan fingerprint density at radius 2 is 2.05 bits per heavy atom. The van der Waals surface area contributed by atoms with E-state index < -0.39 is 33.7 Å². The van der Waals surface area contributed by atoms with Crippen molar-refractivity contribution < 1.29 is 28.2 Å². The number of aliphatic carboxylic acids is 1. The predicted octanol–water partition coefficient (Wildman–Crippen LogP) is 0.298. The van der Waals surface area contributed by atoms with Gasteiger partial charge in [0.1, 0.15) is 0 Å². The van der Waals surface area contributed by atoms with Crippen LogP contribution in [0.4, 0.5) is 0 Å². The van der Waals surface area contributed by atoms with E-state index in [9.17, 15) is 23.4 Å². The molecule has 1 aliphatic heterocycles. The van der Waals surface area contributed by atoms with Crippen molar-refractivity contribution in [3.05, 3.63) is 0 Å². The summed E-state index contributed by atoms with van der Waals surface area (Å²) in [5, 5.41) is 19.0. The Morgan fingerprint density at radius 1 is 1.42 bits per heavy atom. The summed E-state index contributed by atoms with van der Waals surface area (Å²) >= 11 is 0. The fourth-order valence-electron chi connectivity index (χ4n) is 2.30. The highest BCUT2D eigenvalue weighted by Crippen LogP contribution is 2.29. The molecule has 19 heavy (non-hydrogen) atoms. The molecule has 0 amide bonds. The summed E-state index contributed by atoms with van der Waals surface area (Å²) in [5.41, 5.74) is 0. The lowest BCUT2D eigenvalue weighted by atomic mass is 9.87. The van der Waals surface area contributed by atoms with Gasteiger partial charge in [0.25, 0.3) is 0 Å². The molecule has 1 heterocycles. The van der Waals surface area contributed by atoms with Crippen molar-refractivity contribution in [2.24, 2.45) is 11.8 Å². The van der Waals surface area contributed by atoms with Crippen LogP contribution < -0.4 is 0 Å². The summed E-state index contributed by atoms with van der Waals surface area (Å²) in [4.78, 5) is 11.2. The van der Waals surface area contributed by atoms with E-state index in [1.807, 2.05) is 13.8 Å². The first-order chi connectivity index (χ1) is 8.71. The molecule has 0 aliphatic carbocycles. The third kappa shape index (κ3) is 5.46. The third-order valence-corrected chi connectivity index (χ3v) is 5.10. The van der Waals surface area contributed by atoms with Gasteiger partial charge < -0.3 is 14.9 Å². The molecule has 1 fully saturated rings. The number of carbonyl (C=O) groups is 1. The van der Waals surface area contributed by atoms with Gasteiger partial charge in [0.2, 0.25) is 0 Å². The molecule has 1 saturated heterocycles. The van der Waals surface area contributed by atoms with Crippen LogP contribution in [0.3, 0.4) is 0 Å². The highest BCUT2D eigenvalue weighted by molar-refractivity contribution is 7.91. The van der Waals surface area contributed by atoms with Crippen molar-refractivity contribution in [1.82, 2.24) is 0 Å². The van der Waals surface area contributed by atoms with Crippen LogP contribution in [0.1, 0.15) is 26.7 Å². The van der Waals surface area contributed by atoms with Crippen molar-refractivity contribution >= 4 is 15.8 Å². The molecule has 0 aromatic heterocycles. The number of ether oxygens (including phenoxy) is 1. The Morgan fingerprint density at radius 3 is 2.47 bits per heavy atom. The van der Waals surface area contributed by atoms with Crippen molar-refractivity contribution in [3.63, 3.8) is 0 Å². The topological polar surface area (TPSA) is 101 Å². The average Bonchev–Trinajstić information content (AvgIpc) is 2.63. The quantitative estimate of drug-likeness (QED) is 0.700. The SMILES string of the molecule is CC(C)OCC(O)CC(C(=O)O)C1CCS(=O)(=O)C1. The maximum Gasteiger partial charge on any atom is 0.306 e. The second kappa shape index (κ2) is 6.67. The van der Waals surface area contributed by atoms with Crippen molar-refractivity contribution in [3.8, 4) is 0 Å². The molecule has 1 rings (SSSR count). The minimum Gasteiger partial charge on any atom is -0.481 e. The zero-order valence-electron chi connectivity index (χ0n) is 11.3. The maximum atomic E-state index is 11.4. The van der Waals surface area contributed by atoms with Gasteiger partial charge in [-0.25, -0.2) is 8.42 Å². The number of carboxylic acids is 1. The van der Waals surface area contributed by atoms with Crippen LogP contribution in [0.2, 0.25) is 0 Å². The lowest BCUT2D eigenvalue weighted by molar-refractivity contribution is -0.145. The Bertz CT molecular complexity index is 402. The molecule has 3 atom stereocenters. The molecule has 0 saturated carbocycles. The van der Waals surface area contributed by atoms with Crippen molar-refractivity contribution in [2.75, 3.05) is 18.1 Å². The first kappa shape index (κ1) is 16.4. The first-order valence-electron chi connectivity index (χ1n) is 6.44. The van der Waals surface area contributed by atoms with Gasteiger partial charge >= 0.3 is 5.97 Å². The number of rotatable bonds is 7. The number of sulfone groups is 1. The molecule has 1 aliphatic rings. The molecule has 0 spiro atoms. The van der Waals surface area contributed by atoms with Gasteiger partial charge in [-0.2, -0.15) is 0 Å². The van der Waals surface area contributed by atoms with Crippen LogP contribution >= 0.6 is 0 Å². The van der Waals surface area contributed by atoms with E-state index in [0.717, 1.165) is 0 Å². The van der Waals surface area contributed by atoms with Gasteiger partial charge in [-0.1, -0.05) is 0 Å². The normalized spacial score (nSPS) is 25.4. The van der Waals surface area contributed by atoms with E-state index in [1.54, 1.807) is 0 Å². The van der Waals surface area contributed by atoms with E-state index in [1.165, 1.54) is 0 Å². The van der Waals surface area contributed by atoms with E-state index in [4.69, 9.17) is 4.74 Å². The summed E-state index contributed by atoms with van der Waals surface area (Å²) in [6.07, 6.45) is -0.532. The first-order valence-corrected chi connectivity index (χ1v) is 8.26. The zero-order valence-corrected chi connectivity index (χ0v) is 12.1. The third-order valence-electron chi connectivity index (χ3n) is 3.30. The minimum atomic E-state index is -3.11. The fourth-order valence-corrected chi connectivity index (χ4v) is 4.18. The Balaban J connectivity index is 2.56. The minimum absolute atomic E-state index is 0.0300. The molecule has 2 N–H and O–H groups in total. The summed E-state index contributed by atoms with van der Waals surface area (Å²) < 4.78 is 28.0. The highest BCUT2D eigenvalue weighted by atomic mass is 32.2.